The molecular formula is C21H19F3N4O. The van der Waals surface area contributed by atoms with Crippen LogP contribution in [-0.2, 0) is 6.18 Å². The van der Waals surface area contributed by atoms with Crippen LogP contribution in [0.1, 0.15) is 29.5 Å². The molecule has 2 aromatic heterocycles. The predicted octanol–water partition coefficient (Wildman–Crippen LogP) is 4.37. The molecule has 1 aliphatic heterocycles. The quantitative estimate of drug-likeness (QED) is 0.614. The Bertz CT molecular complexity index is 1140. The lowest BCUT2D eigenvalue weighted by molar-refractivity contribution is -0.137. The molecule has 0 radical (unpaired) electrons. The first kappa shape index (κ1) is 19.2. The Morgan fingerprint density at radius 2 is 1.90 bits per heavy atom. The first-order valence-corrected chi connectivity index (χ1v) is 9.33. The maximum atomic E-state index is 13.1. The lowest BCUT2D eigenvalue weighted by atomic mass is 10.2. The summed E-state index contributed by atoms with van der Waals surface area (Å²) in [6.07, 6.45) is 0.506. The van der Waals surface area contributed by atoms with E-state index in [0.29, 0.717) is 11.5 Å². The molecular weight excluding hydrogens is 381 g/mol. The third-order valence-corrected chi connectivity index (χ3v) is 4.99. The van der Waals surface area contributed by atoms with Crippen molar-refractivity contribution in [3.05, 3.63) is 69.6 Å². The minimum Gasteiger partial charge on any atom is -0.356 e. The fraction of sp³-hybridized carbons (Fsp3) is 0.286. The molecule has 8 heteroatoms. The number of benzene rings is 1. The van der Waals surface area contributed by atoms with Gasteiger partial charge in [0.1, 0.15) is 17.0 Å². The van der Waals surface area contributed by atoms with Gasteiger partial charge in [0, 0.05) is 25.5 Å². The highest BCUT2D eigenvalue weighted by Crippen LogP contribution is 2.31. The van der Waals surface area contributed by atoms with Gasteiger partial charge in [-0.2, -0.15) is 13.2 Å². The molecule has 1 saturated heterocycles. The Morgan fingerprint density at radius 3 is 2.62 bits per heavy atom. The summed E-state index contributed by atoms with van der Waals surface area (Å²) >= 11 is 0. The monoisotopic (exact) mass is 400 g/mol. The average Bonchev–Trinajstić information content (AvgIpc) is 3.22. The maximum Gasteiger partial charge on any atom is 0.416 e. The SMILES string of the molecule is Cc1cccn2c(=O)c(C=Nc3cccc(C(F)(F)F)c3)c(N3CCCC3)nc12. The van der Waals surface area contributed by atoms with Gasteiger partial charge in [0.05, 0.1) is 11.3 Å². The van der Waals surface area contributed by atoms with Crippen LogP contribution in [0.15, 0.2) is 52.4 Å². The molecule has 0 saturated carbocycles. The number of alkyl halides is 3. The predicted molar refractivity (Wildman–Crippen MR) is 106 cm³/mol. The second-order valence-corrected chi connectivity index (χ2v) is 7.04. The van der Waals surface area contributed by atoms with Gasteiger partial charge >= 0.3 is 6.18 Å². The van der Waals surface area contributed by atoms with Crippen LogP contribution in [0.3, 0.4) is 0 Å². The number of aliphatic imine (C=N–C) groups is 1. The standard InChI is InChI=1S/C21H19F3N4O/c1-14-6-5-11-28-18(14)26-19(27-9-2-3-10-27)17(20(28)29)13-25-16-8-4-7-15(12-16)21(22,23)24/h4-8,11-13H,2-3,9-10H2,1H3. The van der Waals surface area contributed by atoms with Crippen molar-refractivity contribution in [1.29, 1.82) is 0 Å². The van der Waals surface area contributed by atoms with E-state index in [2.05, 4.69) is 4.99 Å². The van der Waals surface area contributed by atoms with E-state index in [1.165, 1.54) is 22.7 Å². The van der Waals surface area contributed by atoms with Gasteiger partial charge in [-0.05, 0) is 49.6 Å². The highest BCUT2D eigenvalue weighted by atomic mass is 19.4. The van der Waals surface area contributed by atoms with Crippen molar-refractivity contribution >= 4 is 23.4 Å². The van der Waals surface area contributed by atoms with E-state index in [-0.39, 0.29) is 16.8 Å². The van der Waals surface area contributed by atoms with Gasteiger partial charge in [0.2, 0.25) is 0 Å². The van der Waals surface area contributed by atoms with Crippen molar-refractivity contribution < 1.29 is 13.2 Å². The number of rotatable bonds is 3. The summed E-state index contributed by atoms with van der Waals surface area (Å²) in [4.78, 5) is 24.0. The smallest absolute Gasteiger partial charge is 0.356 e. The van der Waals surface area contributed by atoms with Gasteiger partial charge in [0.25, 0.3) is 5.56 Å². The molecule has 0 spiro atoms. The molecule has 29 heavy (non-hydrogen) atoms. The minimum absolute atomic E-state index is 0.126. The Labute approximate surface area is 165 Å². The number of fused-ring (bicyclic) bond motifs is 1. The molecule has 1 aliphatic rings. The van der Waals surface area contributed by atoms with Crippen molar-refractivity contribution in [2.24, 2.45) is 4.99 Å². The van der Waals surface area contributed by atoms with Crippen LogP contribution >= 0.6 is 0 Å². The van der Waals surface area contributed by atoms with Gasteiger partial charge in [-0.25, -0.2) is 4.98 Å². The zero-order chi connectivity index (χ0) is 20.6. The number of hydrogen-bond donors (Lipinski definition) is 0. The van der Waals surface area contributed by atoms with Gasteiger partial charge in [-0.15, -0.1) is 0 Å². The number of pyridine rings is 1. The molecule has 4 rings (SSSR count). The zero-order valence-corrected chi connectivity index (χ0v) is 15.8. The van der Waals surface area contributed by atoms with Crippen molar-refractivity contribution in [3.8, 4) is 0 Å². The number of anilines is 1. The van der Waals surface area contributed by atoms with Gasteiger partial charge in [0.15, 0.2) is 0 Å². The summed E-state index contributed by atoms with van der Waals surface area (Å²) in [6, 6.07) is 8.36. The second-order valence-electron chi connectivity index (χ2n) is 7.04. The number of nitrogens with zero attached hydrogens (tertiary/aromatic N) is 4. The molecule has 0 N–H and O–H groups in total. The molecule has 0 unspecified atom stereocenters. The second kappa shape index (κ2) is 7.35. The van der Waals surface area contributed by atoms with Crippen LogP contribution in [0.25, 0.3) is 5.65 Å². The van der Waals surface area contributed by atoms with Crippen LogP contribution in [0, 0.1) is 6.92 Å². The van der Waals surface area contributed by atoms with Crippen LogP contribution in [-0.4, -0.2) is 28.7 Å². The summed E-state index contributed by atoms with van der Waals surface area (Å²) in [5, 5.41) is 0. The van der Waals surface area contributed by atoms with Crippen LogP contribution in [0.4, 0.5) is 24.7 Å². The normalized spacial score (nSPS) is 15.0. The van der Waals surface area contributed by atoms with Crippen molar-refractivity contribution in [2.45, 2.75) is 25.9 Å². The summed E-state index contributed by atoms with van der Waals surface area (Å²) < 4.78 is 40.3. The Kier molecular flexibility index (Phi) is 4.86. The van der Waals surface area contributed by atoms with E-state index in [1.54, 1.807) is 12.3 Å². The van der Waals surface area contributed by atoms with E-state index in [4.69, 9.17) is 4.98 Å². The van der Waals surface area contributed by atoms with Gasteiger partial charge in [-0.1, -0.05) is 12.1 Å². The Morgan fingerprint density at radius 1 is 1.14 bits per heavy atom. The highest BCUT2D eigenvalue weighted by Gasteiger charge is 2.30. The maximum absolute atomic E-state index is 13.1. The largest absolute Gasteiger partial charge is 0.416 e. The first-order valence-electron chi connectivity index (χ1n) is 9.33. The molecule has 1 fully saturated rings. The van der Waals surface area contributed by atoms with E-state index in [0.717, 1.165) is 43.6 Å². The number of hydrogen-bond acceptors (Lipinski definition) is 4. The summed E-state index contributed by atoms with van der Waals surface area (Å²) in [5.74, 6) is 0.525. The summed E-state index contributed by atoms with van der Waals surface area (Å²) in [7, 11) is 0. The van der Waals surface area contributed by atoms with Crippen molar-refractivity contribution in [2.75, 3.05) is 18.0 Å². The molecule has 0 bridgehead atoms. The van der Waals surface area contributed by atoms with E-state index in [1.807, 2.05) is 17.9 Å². The van der Waals surface area contributed by atoms with Crippen LogP contribution in [0.5, 0.6) is 0 Å². The number of aryl methyl sites for hydroxylation is 1. The van der Waals surface area contributed by atoms with E-state index in [9.17, 15) is 18.0 Å². The number of aromatic nitrogens is 2. The molecule has 1 aromatic carbocycles. The molecule has 3 heterocycles. The molecule has 0 atom stereocenters. The van der Waals surface area contributed by atoms with Crippen molar-refractivity contribution in [3.63, 3.8) is 0 Å². The van der Waals surface area contributed by atoms with Crippen LogP contribution in [0.2, 0.25) is 0 Å². The average molecular weight is 400 g/mol. The van der Waals surface area contributed by atoms with Gasteiger partial charge in [-0.3, -0.25) is 14.2 Å². The molecule has 5 nitrogen and oxygen atoms in total. The number of halogens is 3. The Balaban J connectivity index is 1.84. The van der Waals surface area contributed by atoms with Crippen LogP contribution < -0.4 is 10.5 Å². The molecule has 150 valence electrons. The topological polar surface area (TPSA) is 50.0 Å². The van der Waals surface area contributed by atoms with Gasteiger partial charge < -0.3 is 4.90 Å². The lowest BCUT2D eigenvalue weighted by Gasteiger charge is -2.19. The highest BCUT2D eigenvalue weighted by molar-refractivity contribution is 5.88. The lowest BCUT2D eigenvalue weighted by Crippen LogP contribution is -2.28. The third kappa shape index (κ3) is 3.74. The van der Waals surface area contributed by atoms with E-state index >= 15 is 0 Å². The zero-order valence-electron chi connectivity index (χ0n) is 15.8. The third-order valence-electron chi connectivity index (χ3n) is 4.99. The minimum atomic E-state index is -4.45. The fourth-order valence-corrected chi connectivity index (χ4v) is 3.49. The summed E-state index contributed by atoms with van der Waals surface area (Å²) in [5.41, 5.74) is 0.752. The molecule has 3 aromatic rings. The summed E-state index contributed by atoms with van der Waals surface area (Å²) in [6.45, 7) is 3.43. The fourth-order valence-electron chi connectivity index (χ4n) is 3.49. The van der Waals surface area contributed by atoms with E-state index < -0.39 is 11.7 Å². The first-order chi connectivity index (χ1) is 13.8. The molecule has 0 amide bonds. The van der Waals surface area contributed by atoms with Crippen molar-refractivity contribution in [1.82, 2.24) is 9.38 Å². The molecule has 0 aliphatic carbocycles. The Hall–Kier alpha value is -3.16.